The van der Waals surface area contributed by atoms with Gasteiger partial charge in [0.2, 0.25) is 5.91 Å². The molecule has 0 aliphatic rings. The second kappa shape index (κ2) is 7.50. The Labute approximate surface area is 130 Å². The van der Waals surface area contributed by atoms with Crippen molar-refractivity contribution in [3.05, 3.63) is 30.1 Å². The van der Waals surface area contributed by atoms with Crippen LogP contribution in [0.4, 0.5) is 0 Å². The highest BCUT2D eigenvalue weighted by atomic mass is 32.2. The third-order valence-corrected chi connectivity index (χ3v) is 3.90. The Bertz CT molecular complexity index is 607. The number of aromatic nitrogens is 2. The van der Waals surface area contributed by atoms with Gasteiger partial charge in [-0.3, -0.25) is 4.79 Å². The second-order valence-electron chi connectivity index (χ2n) is 5.57. The largest absolute Gasteiger partial charge is 0.355 e. The third-order valence-electron chi connectivity index (χ3n) is 3.35. The third kappa shape index (κ3) is 4.24. The van der Waals surface area contributed by atoms with Crippen LogP contribution in [0.25, 0.3) is 11.0 Å². The van der Waals surface area contributed by atoms with Gasteiger partial charge in [0, 0.05) is 6.54 Å². The van der Waals surface area contributed by atoms with Crippen LogP contribution < -0.4 is 5.32 Å². The van der Waals surface area contributed by atoms with Crippen LogP contribution in [0.2, 0.25) is 0 Å². The number of para-hydroxylation sites is 2. The molecular weight excluding hydrogens is 282 g/mol. The zero-order chi connectivity index (χ0) is 15.2. The van der Waals surface area contributed by atoms with Gasteiger partial charge in [0.1, 0.15) is 12.4 Å². The van der Waals surface area contributed by atoms with E-state index >= 15 is 0 Å². The van der Waals surface area contributed by atoms with Crippen molar-refractivity contribution in [1.29, 1.82) is 0 Å². The van der Waals surface area contributed by atoms with Crippen LogP contribution >= 0.6 is 11.8 Å². The number of hydrogen-bond donors (Lipinski definition) is 1. The number of thioether (sulfide) groups is 1. The fourth-order valence-corrected chi connectivity index (χ4v) is 2.72. The molecule has 21 heavy (non-hydrogen) atoms. The lowest BCUT2D eigenvalue weighted by Crippen LogP contribution is -2.29. The Morgan fingerprint density at radius 1 is 1.38 bits per heavy atom. The molecule has 1 amide bonds. The summed E-state index contributed by atoms with van der Waals surface area (Å²) in [4.78, 5) is 16.8. The molecule has 1 heterocycles. The molecule has 5 heteroatoms. The molecule has 0 atom stereocenters. The highest BCUT2D eigenvalue weighted by Gasteiger charge is 2.12. The molecule has 2 rings (SSSR count). The van der Waals surface area contributed by atoms with Crippen molar-refractivity contribution >= 4 is 28.7 Å². The summed E-state index contributed by atoms with van der Waals surface area (Å²) in [5, 5.41) is 2.99. The maximum atomic E-state index is 12.1. The Morgan fingerprint density at radius 2 is 2.14 bits per heavy atom. The summed E-state index contributed by atoms with van der Waals surface area (Å²) in [7, 11) is 0. The number of carbonyl (C=O) groups is 1. The number of carbonyl (C=O) groups excluding carboxylic acids is 1. The molecule has 0 aliphatic heterocycles. The van der Waals surface area contributed by atoms with Gasteiger partial charge in [-0.1, -0.05) is 26.0 Å². The average Bonchev–Trinajstić information content (AvgIpc) is 2.77. The number of nitrogens with zero attached hydrogens (tertiary/aromatic N) is 2. The lowest BCUT2D eigenvalue weighted by molar-refractivity contribution is -0.121. The zero-order valence-electron chi connectivity index (χ0n) is 12.9. The number of fused-ring (bicyclic) bond motifs is 1. The summed E-state index contributed by atoms with van der Waals surface area (Å²) in [5.74, 6) is 2.43. The van der Waals surface area contributed by atoms with Gasteiger partial charge in [0.05, 0.1) is 16.8 Å². The number of benzene rings is 1. The molecule has 114 valence electrons. The molecule has 0 aliphatic carbocycles. The van der Waals surface area contributed by atoms with Crippen LogP contribution in [0.1, 0.15) is 26.1 Å². The zero-order valence-corrected chi connectivity index (χ0v) is 13.7. The lowest BCUT2D eigenvalue weighted by atomic mass is 10.1. The Balaban J connectivity index is 2.12. The fourth-order valence-electron chi connectivity index (χ4n) is 2.24. The van der Waals surface area contributed by atoms with Crippen molar-refractivity contribution in [3.63, 3.8) is 0 Å². The van der Waals surface area contributed by atoms with Crippen molar-refractivity contribution in [2.75, 3.05) is 12.8 Å². The monoisotopic (exact) mass is 305 g/mol. The van der Waals surface area contributed by atoms with Crippen LogP contribution in [-0.2, 0) is 17.1 Å². The summed E-state index contributed by atoms with van der Waals surface area (Å²) in [6.07, 6.45) is 3.06. The molecule has 0 spiro atoms. The summed E-state index contributed by atoms with van der Waals surface area (Å²) in [6, 6.07) is 7.98. The molecule has 0 radical (unpaired) electrons. The smallest absolute Gasteiger partial charge is 0.240 e. The molecule has 1 aromatic carbocycles. The topological polar surface area (TPSA) is 46.9 Å². The SMILES string of the molecule is CSCc1nc2ccccc2n1CC(=O)NCCC(C)C. The number of amides is 1. The first kappa shape index (κ1) is 15.9. The number of rotatable bonds is 7. The maximum Gasteiger partial charge on any atom is 0.240 e. The molecule has 0 saturated carbocycles. The summed E-state index contributed by atoms with van der Waals surface area (Å²) >= 11 is 1.72. The van der Waals surface area contributed by atoms with Gasteiger partial charge in [0.25, 0.3) is 0 Å². The number of nitrogens with one attached hydrogen (secondary N) is 1. The molecule has 0 saturated heterocycles. The Kier molecular flexibility index (Phi) is 5.67. The van der Waals surface area contributed by atoms with Crippen LogP contribution in [0.3, 0.4) is 0 Å². The van der Waals surface area contributed by atoms with Gasteiger partial charge in [0.15, 0.2) is 0 Å². The van der Waals surface area contributed by atoms with Crippen LogP contribution in [0.15, 0.2) is 24.3 Å². The van der Waals surface area contributed by atoms with E-state index in [0.717, 1.165) is 35.6 Å². The van der Waals surface area contributed by atoms with E-state index in [9.17, 15) is 4.79 Å². The van der Waals surface area contributed by atoms with Gasteiger partial charge in [-0.2, -0.15) is 11.8 Å². The Hall–Kier alpha value is -1.49. The molecule has 2 aromatic rings. The minimum absolute atomic E-state index is 0.0566. The number of imidazole rings is 1. The Morgan fingerprint density at radius 3 is 2.86 bits per heavy atom. The van der Waals surface area contributed by atoms with Crippen molar-refractivity contribution in [1.82, 2.24) is 14.9 Å². The predicted octanol–water partition coefficient (Wildman–Crippen LogP) is 3.06. The molecular formula is C16H23N3OS. The standard InChI is InChI=1S/C16H23N3OS/c1-12(2)8-9-17-16(20)10-19-14-7-5-4-6-13(14)18-15(19)11-21-3/h4-7,12H,8-11H2,1-3H3,(H,17,20). The van der Waals surface area contributed by atoms with E-state index in [1.807, 2.05) is 35.1 Å². The van der Waals surface area contributed by atoms with Crippen LogP contribution in [-0.4, -0.2) is 28.3 Å². The summed E-state index contributed by atoms with van der Waals surface area (Å²) < 4.78 is 2.02. The maximum absolute atomic E-state index is 12.1. The second-order valence-corrected chi connectivity index (χ2v) is 6.43. The van der Waals surface area contributed by atoms with E-state index in [0.29, 0.717) is 12.5 Å². The highest BCUT2D eigenvalue weighted by molar-refractivity contribution is 7.97. The molecule has 4 nitrogen and oxygen atoms in total. The van der Waals surface area contributed by atoms with Crippen molar-refractivity contribution < 1.29 is 4.79 Å². The predicted molar refractivity (Wildman–Crippen MR) is 89.4 cm³/mol. The van der Waals surface area contributed by atoms with E-state index in [1.54, 1.807) is 11.8 Å². The van der Waals surface area contributed by atoms with Crippen LogP contribution in [0, 0.1) is 5.92 Å². The lowest BCUT2D eigenvalue weighted by Gasteiger charge is -2.10. The highest BCUT2D eigenvalue weighted by Crippen LogP contribution is 2.18. The van der Waals surface area contributed by atoms with E-state index in [-0.39, 0.29) is 5.91 Å². The van der Waals surface area contributed by atoms with E-state index in [2.05, 4.69) is 24.1 Å². The molecule has 0 bridgehead atoms. The van der Waals surface area contributed by atoms with Crippen molar-refractivity contribution in [2.24, 2.45) is 5.92 Å². The van der Waals surface area contributed by atoms with Crippen molar-refractivity contribution in [2.45, 2.75) is 32.6 Å². The summed E-state index contributed by atoms with van der Waals surface area (Å²) in [6.45, 7) is 5.40. The number of hydrogen-bond acceptors (Lipinski definition) is 3. The minimum atomic E-state index is 0.0566. The average molecular weight is 305 g/mol. The summed E-state index contributed by atoms with van der Waals surface area (Å²) in [5.41, 5.74) is 1.98. The molecule has 1 aromatic heterocycles. The molecule has 1 N–H and O–H groups in total. The van der Waals surface area contributed by atoms with E-state index < -0.39 is 0 Å². The van der Waals surface area contributed by atoms with Crippen molar-refractivity contribution in [3.8, 4) is 0 Å². The minimum Gasteiger partial charge on any atom is -0.355 e. The first-order valence-corrected chi connectivity index (χ1v) is 8.71. The molecule has 0 unspecified atom stereocenters. The first-order valence-electron chi connectivity index (χ1n) is 7.31. The van der Waals surface area contributed by atoms with E-state index in [4.69, 9.17) is 0 Å². The molecule has 0 fully saturated rings. The normalized spacial score (nSPS) is 11.2. The fraction of sp³-hybridized carbons (Fsp3) is 0.500. The first-order chi connectivity index (χ1) is 10.1. The van der Waals surface area contributed by atoms with Gasteiger partial charge in [-0.25, -0.2) is 4.98 Å². The van der Waals surface area contributed by atoms with Gasteiger partial charge in [-0.05, 0) is 30.7 Å². The van der Waals surface area contributed by atoms with Crippen LogP contribution in [0.5, 0.6) is 0 Å². The van der Waals surface area contributed by atoms with Gasteiger partial charge < -0.3 is 9.88 Å². The quantitative estimate of drug-likeness (QED) is 0.855. The van der Waals surface area contributed by atoms with E-state index in [1.165, 1.54) is 0 Å². The van der Waals surface area contributed by atoms with Gasteiger partial charge in [-0.15, -0.1) is 0 Å². The van der Waals surface area contributed by atoms with Gasteiger partial charge >= 0.3 is 0 Å².